The van der Waals surface area contributed by atoms with Gasteiger partial charge in [0.15, 0.2) is 0 Å². The summed E-state index contributed by atoms with van der Waals surface area (Å²) in [6.45, 7) is 5.81. The van der Waals surface area contributed by atoms with Crippen LogP contribution in [-0.2, 0) is 4.79 Å². The summed E-state index contributed by atoms with van der Waals surface area (Å²) in [4.78, 5) is 18.2. The first-order valence-electron chi connectivity index (χ1n) is 9.21. The summed E-state index contributed by atoms with van der Waals surface area (Å²) < 4.78 is 6.05. The third kappa shape index (κ3) is 4.69. The number of amides is 1. The summed E-state index contributed by atoms with van der Waals surface area (Å²) in [6.07, 6.45) is 7.02. The third-order valence-corrected chi connectivity index (χ3v) is 5.25. The average molecular weight is 331 g/mol. The number of nitrogens with one attached hydrogen (secondary N) is 1. The Bertz CT molecular complexity index is 547. The van der Waals surface area contributed by atoms with Crippen molar-refractivity contribution < 1.29 is 9.53 Å². The van der Waals surface area contributed by atoms with Crippen molar-refractivity contribution in [2.75, 3.05) is 13.1 Å². The summed E-state index contributed by atoms with van der Waals surface area (Å²) in [5.41, 5.74) is 1.00. The van der Waals surface area contributed by atoms with Gasteiger partial charge in [-0.05, 0) is 51.5 Å². The molecule has 1 N–H and O–H groups in total. The Hall–Kier alpha value is -1.62. The number of aromatic nitrogens is 1. The van der Waals surface area contributed by atoms with Crippen LogP contribution >= 0.6 is 0 Å². The lowest BCUT2D eigenvalue weighted by atomic mass is 9.89. The number of carbonyl (C=O) groups is 1. The van der Waals surface area contributed by atoms with E-state index >= 15 is 0 Å². The molecule has 1 amide bonds. The molecular formula is C19H29N3O2. The van der Waals surface area contributed by atoms with Gasteiger partial charge in [-0.1, -0.05) is 6.07 Å². The quantitative estimate of drug-likeness (QED) is 0.922. The molecule has 1 aromatic rings. The predicted molar refractivity (Wildman–Crippen MR) is 94.1 cm³/mol. The van der Waals surface area contributed by atoms with Crippen LogP contribution in [0.15, 0.2) is 18.2 Å². The number of carbonyl (C=O) groups excluding carboxylic acids is 1. The van der Waals surface area contributed by atoms with E-state index in [-0.39, 0.29) is 12.0 Å². The Kier molecular flexibility index (Phi) is 5.72. The molecule has 0 radical (unpaired) electrons. The van der Waals surface area contributed by atoms with Crippen molar-refractivity contribution >= 4 is 5.91 Å². The van der Waals surface area contributed by atoms with Crippen LogP contribution in [0.3, 0.4) is 0 Å². The van der Waals surface area contributed by atoms with Crippen LogP contribution in [0.1, 0.15) is 51.1 Å². The molecule has 5 nitrogen and oxygen atoms in total. The highest BCUT2D eigenvalue weighted by Gasteiger charge is 2.29. The molecular weight excluding hydrogens is 302 g/mol. The third-order valence-electron chi connectivity index (χ3n) is 5.25. The maximum absolute atomic E-state index is 11.2. The van der Waals surface area contributed by atoms with E-state index in [2.05, 4.69) is 15.2 Å². The molecule has 0 unspecified atom stereocenters. The Balaban J connectivity index is 1.42. The second-order valence-electron chi connectivity index (χ2n) is 7.18. The first kappa shape index (κ1) is 17.2. The van der Waals surface area contributed by atoms with Gasteiger partial charge in [-0.15, -0.1) is 0 Å². The van der Waals surface area contributed by atoms with Gasteiger partial charge in [-0.25, -0.2) is 4.98 Å². The highest BCUT2D eigenvalue weighted by atomic mass is 16.5. The molecule has 0 atom stereocenters. The monoisotopic (exact) mass is 331 g/mol. The van der Waals surface area contributed by atoms with Crippen molar-refractivity contribution in [2.24, 2.45) is 0 Å². The second-order valence-corrected chi connectivity index (χ2v) is 7.18. The number of aryl methyl sites for hydroxylation is 1. The molecule has 1 saturated carbocycles. The van der Waals surface area contributed by atoms with Crippen molar-refractivity contribution in [3.8, 4) is 5.88 Å². The minimum absolute atomic E-state index is 0.0983. The Morgan fingerprint density at radius 3 is 2.50 bits per heavy atom. The number of pyridine rings is 1. The summed E-state index contributed by atoms with van der Waals surface area (Å²) >= 11 is 0. The van der Waals surface area contributed by atoms with Gasteiger partial charge in [0.2, 0.25) is 11.8 Å². The number of hydrogen-bond donors (Lipinski definition) is 1. The predicted octanol–water partition coefficient (Wildman–Crippen LogP) is 2.68. The van der Waals surface area contributed by atoms with Crippen molar-refractivity contribution in [3.05, 3.63) is 23.9 Å². The zero-order valence-electron chi connectivity index (χ0n) is 14.8. The zero-order valence-corrected chi connectivity index (χ0v) is 14.8. The van der Waals surface area contributed by atoms with Gasteiger partial charge in [0.25, 0.3) is 0 Å². The van der Waals surface area contributed by atoms with Crippen LogP contribution < -0.4 is 10.1 Å². The second kappa shape index (κ2) is 7.97. The molecule has 132 valence electrons. The molecule has 1 saturated heterocycles. The number of ether oxygens (including phenoxy) is 1. The molecule has 2 aliphatic rings. The van der Waals surface area contributed by atoms with Crippen molar-refractivity contribution in [3.63, 3.8) is 0 Å². The van der Waals surface area contributed by atoms with E-state index in [4.69, 9.17) is 4.74 Å². The minimum Gasteiger partial charge on any atom is -0.474 e. The van der Waals surface area contributed by atoms with Crippen LogP contribution in [0, 0.1) is 6.92 Å². The highest BCUT2D eigenvalue weighted by molar-refractivity contribution is 5.73. The van der Waals surface area contributed by atoms with Gasteiger partial charge in [0, 0.05) is 43.9 Å². The summed E-state index contributed by atoms with van der Waals surface area (Å²) in [5.74, 6) is 0.852. The molecule has 24 heavy (non-hydrogen) atoms. The van der Waals surface area contributed by atoms with Crippen molar-refractivity contribution in [1.82, 2.24) is 15.2 Å². The van der Waals surface area contributed by atoms with E-state index in [9.17, 15) is 4.79 Å². The van der Waals surface area contributed by atoms with Crippen LogP contribution in [0.2, 0.25) is 0 Å². The largest absolute Gasteiger partial charge is 0.474 e. The molecule has 5 heteroatoms. The van der Waals surface area contributed by atoms with Crippen LogP contribution in [0.4, 0.5) is 0 Å². The van der Waals surface area contributed by atoms with E-state index in [0.29, 0.717) is 12.1 Å². The summed E-state index contributed by atoms with van der Waals surface area (Å²) in [6, 6.07) is 7.00. The fourth-order valence-corrected chi connectivity index (χ4v) is 3.99. The zero-order chi connectivity index (χ0) is 16.9. The number of nitrogens with zero attached hydrogens (tertiary/aromatic N) is 2. The van der Waals surface area contributed by atoms with E-state index in [1.54, 1.807) is 6.92 Å². The molecule has 0 aromatic carbocycles. The van der Waals surface area contributed by atoms with Crippen molar-refractivity contribution in [1.29, 1.82) is 0 Å². The van der Waals surface area contributed by atoms with Gasteiger partial charge in [0.1, 0.15) is 6.10 Å². The van der Waals surface area contributed by atoms with Crippen molar-refractivity contribution in [2.45, 2.75) is 70.6 Å². The fraction of sp³-hybridized carbons (Fsp3) is 0.684. The number of piperidine rings is 1. The first-order valence-corrected chi connectivity index (χ1v) is 9.21. The SMILES string of the molecule is CC(=O)NC1CCC(N2CCC(Oc3cccc(C)n3)CC2)CC1. The maximum Gasteiger partial charge on any atom is 0.217 e. The molecule has 0 spiro atoms. The molecule has 1 aromatic heterocycles. The molecule has 1 aliphatic heterocycles. The molecule has 0 bridgehead atoms. The van der Waals surface area contributed by atoms with Gasteiger partial charge in [-0.3, -0.25) is 4.79 Å². The van der Waals surface area contributed by atoms with E-state index in [0.717, 1.165) is 50.3 Å². The summed E-state index contributed by atoms with van der Waals surface area (Å²) in [7, 11) is 0. The molecule has 2 heterocycles. The normalized spacial score (nSPS) is 26.1. The molecule has 3 rings (SSSR count). The standard InChI is InChI=1S/C19H29N3O2/c1-14-4-3-5-19(20-14)24-18-10-12-22(13-11-18)17-8-6-16(7-9-17)21-15(2)23/h3-5,16-18H,6-13H2,1-2H3,(H,21,23). The minimum atomic E-state index is 0.0983. The van der Waals surface area contributed by atoms with Gasteiger partial charge in [0.05, 0.1) is 0 Å². The number of rotatable bonds is 4. The smallest absolute Gasteiger partial charge is 0.217 e. The molecule has 1 aliphatic carbocycles. The number of hydrogen-bond acceptors (Lipinski definition) is 4. The highest BCUT2D eigenvalue weighted by Crippen LogP contribution is 2.27. The fourth-order valence-electron chi connectivity index (χ4n) is 3.99. The lowest BCUT2D eigenvalue weighted by molar-refractivity contribution is -0.120. The number of likely N-dealkylation sites (tertiary alicyclic amines) is 1. The van der Waals surface area contributed by atoms with E-state index in [1.807, 2.05) is 25.1 Å². The van der Waals surface area contributed by atoms with E-state index < -0.39 is 0 Å². The average Bonchev–Trinajstić information content (AvgIpc) is 2.56. The van der Waals surface area contributed by atoms with E-state index in [1.165, 1.54) is 12.8 Å². The first-order chi connectivity index (χ1) is 11.6. The Labute approximate surface area is 144 Å². The van der Waals surface area contributed by atoms with Crippen LogP contribution in [0.5, 0.6) is 5.88 Å². The van der Waals surface area contributed by atoms with Crippen LogP contribution in [0.25, 0.3) is 0 Å². The maximum atomic E-state index is 11.2. The Morgan fingerprint density at radius 2 is 1.88 bits per heavy atom. The summed E-state index contributed by atoms with van der Waals surface area (Å²) in [5, 5.41) is 3.06. The Morgan fingerprint density at radius 1 is 1.17 bits per heavy atom. The lowest BCUT2D eigenvalue weighted by Crippen LogP contribution is -2.47. The van der Waals surface area contributed by atoms with Gasteiger partial charge < -0.3 is 15.0 Å². The van der Waals surface area contributed by atoms with Crippen LogP contribution in [-0.4, -0.2) is 47.1 Å². The van der Waals surface area contributed by atoms with Gasteiger partial charge in [-0.2, -0.15) is 0 Å². The topological polar surface area (TPSA) is 54.5 Å². The lowest BCUT2D eigenvalue weighted by Gasteiger charge is -2.40. The van der Waals surface area contributed by atoms with Gasteiger partial charge >= 0.3 is 0 Å². The molecule has 2 fully saturated rings.